The maximum atomic E-state index is 11.5. The number of nitrogens with one attached hydrogen (secondary N) is 1. The summed E-state index contributed by atoms with van der Waals surface area (Å²) < 4.78 is 4.97. The molecule has 5 nitrogen and oxygen atoms in total. The number of hydrogen-bond acceptors (Lipinski definition) is 3. The van der Waals surface area contributed by atoms with Crippen molar-refractivity contribution in [1.29, 1.82) is 0 Å². The van der Waals surface area contributed by atoms with Gasteiger partial charge in [-0.2, -0.15) is 0 Å². The number of rotatable bonds is 8. The van der Waals surface area contributed by atoms with E-state index in [1.807, 2.05) is 13.8 Å². The molecule has 0 atom stereocenters. The molecule has 0 spiro atoms. The summed E-state index contributed by atoms with van der Waals surface area (Å²) >= 11 is 0. The highest BCUT2D eigenvalue weighted by Gasteiger charge is 2.19. The van der Waals surface area contributed by atoms with Gasteiger partial charge in [-0.25, -0.2) is 0 Å². The first-order valence-electron chi connectivity index (χ1n) is 5.39. The smallest absolute Gasteiger partial charge is 0.303 e. The summed E-state index contributed by atoms with van der Waals surface area (Å²) in [5.41, 5.74) is -0.376. The molecule has 0 aromatic rings. The van der Waals surface area contributed by atoms with Crippen molar-refractivity contribution >= 4 is 11.9 Å². The van der Waals surface area contributed by atoms with E-state index in [1.165, 1.54) is 0 Å². The highest BCUT2D eigenvalue weighted by molar-refractivity contribution is 5.76. The van der Waals surface area contributed by atoms with E-state index in [1.54, 1.807) is 7.11 Å². The Kier molecular flexibility index (Phi) is 6.72. The number of carbonyl (C=O) groups is 2. The van der Waals surface area contributed by atoms with Crippen LogP contribution in [-0.2, 0) is 14.3 Å². The molecular formula is C11H21NO4. The largest absolute Gasteiger partial charge is 0.481 e. The molecule has 5 heteroatoms. The third kappa shape index (κ3) is 8.23. The molecular weight excluding hydrogens is 210 g/mol. The molecule has 0 rings (SSSR count). The van der Waals surface area contributed by atoms with Crippen LogP contribution in [0.1, 0.15) is 39.5 Å². The molecule has 0 unspecified atom stereocenters. The van der Waals surface area contributed by atoms with Crippen LogP contribution in [0.15, 0.2) is 0 Å². The molecule has 0 heterocycles. The van der Waals surface area contributed by atoms with Crippen molar-refractivity contribution in [3.8, 4) is 0 Å². The number of hydrogen-bond donors (Lipinski definition) is 2. The van der Waals surface area contributed by atoms with Crippen LogP contribution in [0.5, 0.6) is 0 Å². The summed E-state index contributed by atoms with van der Waals surface area (Å²) in [5.74, 6) is -0.882. The zero-order chi connectivity index (χ0) is 12.6. The van der Waals surface area contributed by atoms with Crippen molar-refractivity contribution < 1.29 is 19.4 Å². The molecule has 2 N–H and O–H groups in total. The number of unbranched alkanes of at least 4 members (excludes halogenated alkanes) is 1. The highest BCUT2D eigenvalue weighted by Crippen LogP contribution is 2.05. The number of carboxylic acid groups (broad SMARTS) is 1. The van der Waals surface area contributed by atoms with Crippen molar-refractivity contribution in [2.45, 2.75) is 45.1 Å². The Balaban J connectivity index is 3.69. The van der Waals surface area contributed by atoms with Gasteiger partial charge in [-0.3, -0.25) is 9.59 Å². The molecule has 16 heavy (non-hydrogen) atoms. The topological polar surface area (TPSA) is 75.6 Å². The molecule has 0 fully saturated rings. The number of carbonyl (C=O) groups excluding carboxylic acids is 1. The number of methoxy groups -OCH3 is 1. The minimum Gasteiger partial charge on any atom is -0.481 e. The summed E-state index contributed by atoms with van der Waals surface area (Å²) in [6.07, 6.45) is 1.61. The van der Waals surface area contributed by atoms with Crippen molar-refractivity contribution in [1.82, 2.24) is 5.32 Å². The van der Waals surface area contributed by atoms with Gasteiger partial charge in [-0.15, -0.1) is 0 Å². The predicted molar refractivity (Wildman–Crippen MR) is 60.2 cm³/mol. The molecule has 1 amide bonds. The van der Waals surface area contributed by atoms with E-state index in [9.17, 15) is 9.59 Å². The first kappa shape index (κ1) is 14.9. The summed E-state index contributed by atoms with van der Waals surface area (Å²) in [6, 6.07) is 0. The normalized spacial score (nSPS) is 11.2. The van der Waals surface area contributed by atoms with Crippen LogP contribution < -0.4 is 5.32 Å². The fourth-order valence-corrected chi connectivity index (χ4v) is 1.40. The SMILES string of the molecule is COCC(C)(C)NC(=O)CCCCC(=O)O. The number of ether oxygens (including phenoxy) is 1. The van der Waals surface area contributed by atoms with E-state index in [0.29, 0.717) is 25.9 Å². The average Bonchev–Trinajstić information content (AvgIpc) is 2.11. The molecule has 0 aromatic carbocycles. The van der Waals surface area contributed by atoms with E-state index in [4.69, 9.17) is 9.84 Å². The van der Waals surface area contributed by atoms with Crippen molar-refractivity contribution in [3.05, 3.63) is 0 Å². The van der Waals surface area contributed by atoms with Crippen LogP contribution in [0.25, 0.3) is 0 Å². The van der Waals surface area contributed by atoms with Gasteiger partial charge in [0.15, 0.2) is 0 Å². The Hall–Kier alpha value is -1.10. The Morgan fingerprint density at radius 1 is 1.25 bits per heavy atom. The minimum absolute atomic E-state index is 0.0626. The van der Waals surface area contributed by atoms with Gasteiger partial charge in [0.1, 0.15) is 0 Å². The molecule has 0 saturated carbocycles. The van der Waals surface area contributed by atoms with E-state index in [-0.39, 0.29) is 17.9 Å². The molecule has 0 aliphatic heterocycles. The van der Waals surface area contributed by atoms with Crippen LogP contribution >= 0.6 is 0 Å². The Bertz CT molecular complexity index is 238. The van der Waals surface area contributed by atoms with Gasteiger partial charge in [-0.1, -0.05) is 0 Å². The second-order valence-electron chi connectivity index (χ2n) is 4.47. The molecule has 0 aliphatic carbocycles. The van der Waals surface area contributed by atoms with Crippen LogP contribution in [0, 0.1) is 0 Å². The summed E-state index contributed by atoms with van der Waals surface area (Å²) in [4.78, 5) is 21.7. The fraction of sp³-hybridized carbons (Fsp3) is 0.818. The lowest BCUT2D eigenvalue weighted by Crippen LogP contribution is -2.46. The number of aliphatic carboxylic acids is 1. The van der Waals surface area contributed by atoms with Crippen molar-refractivity contribution in [3.63, 3.8) is 0 Å². The monoisotopic (exact) mass is 231 g/mol. The van der Waals surface area contributed by atoms with Crippen molar-refractivity contribution in [2.75, 3.05) is 13.7 Å². The van der Waals surface area contributed by atoms with Gasteiger partial charge >= 0.3 is 5.97 Å². The number of carboxylic acids is 1. The van der Waals surface area contributed by atoms with Crippen LogP contribution in [0.2, 0.25) is 0 Å². The molecule has 0 bridgehead atoms. The van der Waals surface area contributed by atoms with Gasteiger partial charge in [0, 0.05) is 20.0 Å². The Morgan fingerprint density at radius 3 is 2.31 bits per heavy atom. The van der Waals surface area contributed by atoms with Gasteiger partial charge in [0.05, 0.1) is 12.1 Å². The molecule has 0 saturated heterocycles. The first-order chi connectivity index (χ1) is 7.37. The van der Waals surface area contributed by atoms with E-state index < -0.39 is 5.97 Å². The Labute approximate surface area is 96.2 Å². The second kappa shape index (κ2) is 7.22. The third-order valence-electron chi connectivity index (χ3n) is 2.03. The Morgan fingerprint density at radius 2 is 1.81 bits per heavy atom. The minimum atomic E-state index is -0.819. The number of amides is 1. The first-order valence-corrected chi connectivity index (χ1v) is 5.39. The lowest BCUT2D eigenvalue weighted by molar-refractivity contribution is -0.137. The third-order valence-corrected chi connectivity index (χ3v) is 2.03. The molecule has 94 valence electrons. The van der Waals surface area contributed by atoms with Crippen LogP contribution in [0.3, 0.4) is 0 Å². The van der Waals surface area contributed by atoms with E-state index in [2.05, 4.69) is 5.32 Å². The molecule has 0 aliphatic rings. The maximum Gasteiger partial charge on any atom is 0.303 e. The van der Waals surface area contributed by atoms with Crippen LogP contribution in [-0.4, -0.2) is 36.2 Å². The summed E-state index contributed by atoms with van der Waals surface area (Å²) in [5, 5.41) is 11.3. The second-order valence-corrected chi connectivity index (χ2v) is 4.47. The lowest BCUT2D eigenvalue weighted by Gasteiger charge is -2.25. The molecule has 0 radical (unpaired) electrons. The fourth-order valence-electron chi connectivity index (χ4n) is 1.40. The van der Waals surface area contributed by atoms with E-state index >= 15 is 0 Å². The van der Waals surface area contributed by atoms with E-state index in [0.717, 1.165) is 0 Å². The quantitative estimate of drug-likeness (QED) is 0.615. The maximum absolute atomic E-state index is 11.5. The summed E-state index contributed by atoms with van der Waals surface area (Å²) in [7, 11) is 1.58. The van der Waals surface area contributed by atoms with Crippen LogP contribution in [0.4, 0.5) is 0 Å². The standard InChI is InChI=1S/C11H21NO4/c1-11(2,8-16-3)12-9(13)6-4-5-7-10(14)15/h4-8H2,1-3H3,(H,12,13)(H,14,15). The van der Waals surface area contributed by atoms with Crippen molar-refractivity contribution in [2.24, 2.45) is 0 Å². The van der Waals surface area contributed by atoms with Gasteiger partial charge in [0.25, 0.3) is 0 Å². The van der Waals surface area contributed by atoms with Gasteiger partial charge < -0.3 is 15.2 Å². The summed E-state index contributed by atoms with van der Waals surface area (Å²) in [6.45, 7) is 4.21. The zero-order valence-electron chi connectivity index (χ0n) is 10.2. The highest BCUT2D eigenvalue weighted by atomic mass is 16.5. The van der Waals surface area contributed by atoms with Gasteiger partial charge in [-0.05, 0) is 26.7 Å². The average molecular weight is 231 g/mol. The molecule has 0 aromatic heterocycles. The lowest BCUT2D eigenvalue weighted by atomic mass is 10.1. The zero-order valence-corrected chi connectivity index (χ0v) is 10.2. The predicted octanol–water partition coefficient (Wildman–Crippen LogP) is 1.17. The van der Waals surface area contributed by atoms with Gasteiger partial charge in [0.2, 0.25) is 5.91 Å².